The Labute approximate surface area is 152 Å². The van der Waals surface area contributed by atoms with Gasteiger partial charge in [-0.3, -0.25) is 4.90 Å². The van der Waals surface area contributed by atoms with Crippen LogP contribution in [-0.4, -0.2) is 19.7 Å². The summed E-state index contributed by atoms with van der Waals surface area (Å²) >= 11 is 9.68. The second-order valence-electron chi connectivity index (χ2n) is 5.45. The molecule has 1 aliphatic heterocycles. The number of rotatable bonds is 3. The van der Waals surface area contributed by atoms with Crippen molar-refractivity contribution in [1.82, 2.24) is 5.32 Å². The van der Waals surface area contributed by atoms with Gasteiger partial charge in [0.2, 0.25) is 0 Å². The first-order valence-corrected chi connectivity index (χ1v) is 8.52. The number of benzene rings is 2. The average Bonchev–Trinajstić information content (AvgIpc) is 2.96. The van der Waals surface area contributed by atoms with Gasteiger partial charge < -0.3 is 10.1 Å². The van der Waals surface area contributed by atoms with Gasteiger partial charge in [-0.25, -0.2) is 9.18 Å². The first-order valence-electron chi connectivity index (χ1n) is 7.34. The molecule has 0 aliphatic carbocycles. The molecule has 126 valence electrons. The number of halogens is 3. The molecule has 0 saturated heterocycles. The summed E-state index contributed by atoms with van der Waals surface area (Å²) < 4.78 is 19.4. The summed E-state index contributed by atoms with van der Waals surface area (Å²) in [4.78, 5) is 14.1. The van der Waals surface area contributed by atoms with Crippen LogP contribution in [0, 0.1) is 5.82 Å². The van der Waals surface area contributed by atoms with E-state index in [2.05, 4.69) is 21.2 Å². The number of nitrogens with one attached hydrogen (secondary N) is 1. The Hall–Kier alpha value is -1.79. The van der Waals surface area contributed by atoms with Crippen LogP contribution in [0.3, 0.4) is 0 Å². The predicted molar refractivity (Wildman–Crippen MR) is 95.4 cm³/mol. The maximum atomic E-state index is 13.5. The molecule has 1 aliphatic rings. The van der Waals surface area contributed by atoms with E-state index in [1.54, 1.807) is 17.0 Å². The molecule has 0 saturated carbocycles. The van der Waals surface area contributed by atoms with E-state index in [4.69, 9.17) is 16.3 Å². The number of amides is 2. The van der Waals surface area contributed by atoms with E-state index < -0.39 is 5.82 Å². The monoisotopic (exact) mass is 412 g/mol. The number of hydrogen-bond donors (Lipinski definition) is 1. The van der Waals surface area contributed by atoms with Gasteiger partial charge in [0.1, 0.15) is 11.6 Å². The SMILES string of the molecule is COc1cc(F)cc(CNC(=O)N2CCc3cc(Br)cc(Cl)c32)c1. The second-order valence-corrected chi connectivity index (χ2v) is 6.78. The van der Waals surface area contributed by atoms with E-state index in [0.717, 1.165) is 22.1 Å². The smallest absolute Gasteiger partial charge is 0.322 e. The number of carbonyl (C=O) groups excluding carboxylic acids is 1. The average molecular weight is 414 g/mol. The molecule has 0 spiro atoms. The molecule has 1 heterocycles. The Morgan fingerprint density at radius 3 is 2.92 bits per heavy atom. The first kappa shape index (κ1) is 17.0. The van der Waals surface area contributed by atoms with E-state index in [-0.39, 0.29) is 12.6 Å². The number of ether oxygens (including phenoxy) is 1. The molecule has 2 aromatic rings. The summed E-state index contributed by atoms with van der Waals surface area (Å²) in [5.74, 6) is 0.0108. The van der Waals surface area contributed by atoms with Crippen molar-refractivity contribution in [3.63, 3.8) is 0 Å². The van der Waals surface area contributed by atoms with E-state index in [1.165, 1.54) is 19.2 Å². The lowest BCUT2D eigenvalue weighted by Crippen LogP contribution is -2.38. The largest absolute Gasteiger partial charge is 0.497 e. The van der Waals surface area contributed by atoms with Gasteiger partial charge in [0.05, 0.1) is 17.8 Å². The van der Waals surface area contributed by atoms with Gasteiger partial charge in [-0.2, -0.15) is 0 Å². The molecule has 2 aromatic carbocycles. The third-order valence-electron chi connectivity index (χ3n) is 3.84. The van der Waals surface area contributed by atoms with Crippen LogP contribution >= 0.6 is 27.5 Å². The van der Waals surface area contributed by atoms with Crippen molar-refractivity contribution >= 4 is 39.2 Å². The van der Waals surface area contributed by atoms with Crippen molar-refractivity contribution in [3.05, 3.63) is 56.8 Å². The van der Waals surface area contributed by atoms with E-state index in [1.807, 2.05) is 6.07 Å². The highest BCUT2D eigenvalue weighted by atomic mass is 79.9. The fourth-order valence-corrected chi connectivity index (χ4v) is 3.75. The number of methoxy groups -OCH3 is 1. The van der Waals surface area contributed by atoms with Crippen LogP contribution in [0.2, 0.25) is 5.02 Å². The van der Waals surface area contributed by atoms with Gasteiger partial charge in [-0.05, 0) is 41.8 Å². The maximum Gasteiger partial charge on any atom is 0.322 e. The highest BCUT2D eigenvalue weighted by Gasteiger charge is 2.27. The molecule has 0 atom stereocenters. The summed E-state index contributed by atoms with van der Waals surface area (Å²) in [5, 5.41) is 3.32. The molecule has 4 nitrogen and oxygen atoms in total. The molecule has 0 unspecified atom stereocenters. The zero-order chi connectivity index (χ0) is 17.3. The van der Waals surface area contributed by atoms with Gasteiger partial charge in [-0.1, -0.05) is 27.5 Å². The third kappa shape index (κ3) is 3.49. The minimum absolute atomic E-state index is 0.201. The van der Waals surface area contributed by atoms with Crippen LogP contribution < -0.4 is 15.0 Å². The fourth-order valence-electron chi connectivity index (χ4n) is 2.77. The van der Waals surface area contributed by atoms with Gasteiger partial charge in [0.25, 0.3) is 0 Å². The molecule has 24 heavy (non-hydrogen) atoms. The summed E-state index contributed by atoms with van der Waals surface area (Å²) in [6.45, 7) is 0.761. The fraction of sp³-hybridized carbons (Fsp3) is 0.235. The lowest BCUT2D eigenvalue weighted by atomic mass is 10.2. The lowest BCUT2D eigenvalue weighted by Gasteiger charge is -2.19. The van der Waals surface area contributed by atoms with Crippen LogP contribution in [-0.2, 0) is 13.0 Å². The van der Waals surface area contributed by atoms with Crippen LogP contribution in [0.5, 0.6) is 5.75 Å². The molecular formula is C17H15BrClFN2O2. The Morgan fingerprint density at radius 1 is 1.38 bits per heavy atom. The Morgan fingerprint density at radius 2 is 2.17 bits per heavy atom. The number of fused-ring (bicyclic) bond motifs is 1. The molecule has 0 radical (unpaired) electrons. The number of nitrogens with zero attached hydrogens (tertiary/aromatic N) is 1. The van der Waals surface area contributed by atoms with E-state index in [9.17, 15) is 9.18 Å². The van der Waals surface area contributed by atoms with Crippen molar-refractivity contribution in [2.24, 2.45) is 0 Å². The molecular weight excluding hydrogens is 399 g/mol. The van der Waals surface area contributed by atoms with Crippen molar-refractivity contribution < 1.29 is 13.9 Å². The molecule has 1 N–H and O–H groups in total. The lowest BCUT2D eigenvalue weighted by molar-refractivity contribution is 0.246. The normalized spacial score (nSPS) is 12.9. The van der Waals surface area contributed by atoms with Gasteiger partial charge in [0.15, 0.2) is 0 Å². The topological polar surface area (TPSA) is 41.6 Å². The van der Waals surface area contributed by atoms with E-state index >= 15 is 0 Å². The summed E-state index contributed by atoms with van der Waals surface area (Å²) in [6.07, 6.45) is 0.746. The first-order chi connectivity index (χ1) is 11.5. The van der Waals surface area contributed by atoms with Crippen LogP contribution in [0.15, 0.2) is 34.8 Å². The van der Waals surface area contributed by atoms with Gasteiger partial charge in [0, 0.05) is 23.6 Å². The minimum atomic E-state index is -0.405. The van der Waals surface area contributed by atoms with Gasteiger partial charge in [-0.15, -0.1) is 0 Å². The highest BCUT2D eigenvalue weighted by Crippen LogP contribution is 2.37. The molecule has 7 heteroatoms. The Balaban J connectivity index is 1.73. The molecule has 0 bridgehead atoms. The molecule has 0 fully saturated rings. The summed E-state index contributed by atoms with van der Waals surface area (Å²) in [5.41, 5.74) is 2.38. The van der Waals surface area contributed by atoms with Gasteiger partial charge >= 0.3 is 6.03 Å². The Bertz CT molecular complexity index is 800. The highest BCUT2D eigenvalue weighted by molar-refractivity contribution is 9.10. The molecule has 3 rings (SSSR count). The molecule has 0 aromatic heterocycles. The summed E-state index contributed by atoms with van der Waals surface area (Å²) in [6, 6.07) is 7.81. The third-order valence-corrected chi connectivity index (χ3v) is 4.58. The second kappa shape index (κ2) is 6.99. The van der Waals surface area contributed by atoms with Crippen LogP contribution in [0.1, 0.15) is 11.1 Å². The summed E-state index contributed by atoms with van der Waals surface area (Å²) in [7, 11) is 1.47. The van der Waals surface area contributed by atoms with Crippen molar-refractivity contribution in [2.45, 2.75) is 13.0 Å². The number of anilines is 1. The zero-order valence-electron chi connectivity index (χ0n) is 12.9. The van der Waals surface area contributed by atoms with Crippen LogP contribution in [0.25, 0.3) is 0 Å². The van der Waals surface area contributed by atoms with Crippen molar-refractivity contribution in [2.75, 3.05) is 18.6 Å². The van der Waals surface area contributed by atoms with Crippen molar-refractivity contribution in [3.8, 4) is 5.75 Å². The number of urea groups is 1. The standard InChI is InChI=1S/C17H15BrClFN2O2/c1-24-14-5-10(4-13(20)8-14)9-21-17(23)22-3-2-11-6-12(18)7-15(19)16(11)22/h4-8H,2-3,9H2,1H3,(H,21,23). The van der Waals surface area contributed by atoms with Crippen molar-refractivity contribution in [1.29, 1.82) is 0 Å². The minimum Gasteiger partial charge on any atom is -0.497 e. The number of carbonyl (C=O) groups is 1. The number of hydrogen-bond acceptors (Lipinski definition) is 2. The van der Waals surface area contributed by atoms with E-state index in [0.29, 0.717) is 22.9 Å². The maximum absolute atomic E-state index is 13.5. The quantitative estimate of drug-likeness (QED) is 0.804. The predicted octanol–water partition coefficient (Wildman–Crippen LogP) is 4.52. The molecule has 2 amide bonds. The van der Waals surface area contributed by atoms with Crippen LogP contribution in [0.4, 0.5) is 14.9 Å². The Kier molecular flexibility index (Phi) is 4.96. The zero-order valence-corrected chi connectivity index (χ0v) is 15.2.